The third-order valence-corrected chi connectivity index (χ3v) is 15.1. The predicted octanol–water partition coefficient (Wildman–Crippen LogP) is 15.6. The van der Waals surface area contributed by atoms with E-state index in [4.69, 9.17) is 14.2 Å². The van der Waals surface area contributed by atoms with E-state index in [-0.39, 0.29) is 18.5 Å². The minimum atomic E-state index is -1.58. The van der Waals surface area contributed by atoms with E-state index < -0.39 is 49.5 Å². The summed E-state index contributed by atoms with van der Waals surface area (Å²) >= 11 is 0. The quantitative estimate of drug-likeness (QED) is 0.0195. The Morgan fingerprint density at radius 2 is 0.870 bits per heavy atom. The third-order valence-electron chi connectivity index (χ3n) is 15.1. The van der Waals surface area contributed by atoms with Crippen LogP contribution in [-0.2, 0) is 23.8 Å². The Kier molecular flexibility index (Phi) is 52.4. The molecular weight excluding hydrogens is 967 g/mol. The van der Waals surface area contributed by atoms with Crippen molar-refractivity contribution in [2.45, 2.75) is 339 Å². The molecule has 1 aliphatic rings. The van der Waals surface area contributed by atoms with Gasteiger partial charge in [-0.1, -0.05) is 255 Å². The molecule has 0 aromatic rings. The van der Waals surface area contributed by atoms with Gasteiger partial charge in [-0.2, -0.15) is 0 Å². The molecule has 1 amide bonds. The van der Waals surface area contributed by atoms with Crippen molar-refractivity contribution in [1.29, 1.82) is 0 Å². The zero-order chi connectivity index (χ0) is 55.9. The van der Waals surface area contributed by atoms with Crippen molar-refractivity contribution in [2.24, 2.45) is 0 Å². The van der Waals surface area contributed by atoms with E-state index in [0.717, 1.165) is 77.0 Å². The summed E-state index contributed by atoms with van der Waals surface area (Å²) in [6.07, 6.45) is 60.9. The number of ether oxygens (including phenoxy) is 3. The SMILES string of the molecule is CCC/C=C/CC/C=C/CC/C=C/C(O)C(COC1OC(CO)C(O)C(O)C1O)NC(=O)CCCCCCCCCCCCC/C=C\CCCCCCCCCCCCCCOC(=O)CCCCCCCCCCCCC. The highest BCUT2D eigenvalue weighted by atomic mass is 16.7. The molecule has 0 spiro atoms. The summed E-state index contributed by atoms with van der Waals surface area (Å²) in [6, 6.07) is -0.835. The molecule has 0 radical (unpaired) electrons. The average molecular weight is 1090 g/mol. The molecule has 11 nitrogen and oxygen atoms in total. The van der Waals surface area contributed by atoms with Crippen LogP contribution in [0.4, 0.5) is 0 Å². The number of unbranched alkanes of at least 4 members (excludes halogenated alkanes) is 36. The van der Waals surface area contributed by atoms with E-state index in [9.17, 15) is 35.1 Å². The van der Waals surface area contributed by atoms with Gasteiger partial charge in [0.2, 0.25) is 5.91 Å². The van der Waals surface area contributed by atoms with Crippen LogP contribution in [0.25, 0.3) is 0 Å². The molecule has 0 aliphatic carbocycles. The maximum absolute atomic E-state index is 13.0. The van der Waals surface area contributed by atoms with Gasteiger partial charge in [0.25, 0.3) is 0 Å². The van der Waals surface area contributed by atoms with E-state index in [1.54, 1.807) is 6.08 Å². The lowest BCUT2D eigenvalue weighted by Gasteiger charge is -2.40. The topological polar surface area (TPSA) is 175 Å². The van der Waals surface area contributed by atoms with Gasteiger partial charge in [0.1, 0.15) is 24.4 Å². The Balaban J connectivity index is 2.00. The zero-order valence-electron chi connectivity index (χ0n) is 49.7. The molecule has 7 atom stereocenters. The first-order valence-electron chi connectivity index (χ1n) is 32.4. The Hall–Kier alpha value is -2.38. The number of rotatable bonds is 56. The normalized spacial score (nSPS) is 18.9. The highest BCUT2D eigenvalue weighted by Crippen LogP contribution is 2.23. The number of allylic oxidation sites excluding steroid dienone is 7. The fourth-order valence-electron chi connectivity index (χ4n) is 10.00. The van der Waals surface area contributed by atoms with Crippen molar-refractivity contribution >= 4 is 11.9 Å². The second kappa shape index (κ2) is 55.5. The molecule has 1 rings (SSSR count). The lowest BCUT2D eigenvalue weighted by Crippen LogP contribution is -2.60. The number of carbonyl (C=O) groups excluding carboxylic acids is 2. The fourth-order valence-corrected chi connectivity index (χ4v) is 10.00. The number of esters is 1. The Morgan fingerprint density at radius 1 is 0.468 bits per heavy atom. The molecule has 0 bridgehead atoms. The molecule has 0 saturated carbocycles. The number of hydrogen-bond donors (Lipinski definition) is 6. The van der Waals surface area contributed by atoms with Gasteiger partial charge in [0.05, 0.1) is 32.0 Å². The Morgan fingerprint density at radius 3 is 1.34 bits per heavy atom. The van der Waals surface area contributed by atoms with Crippen LogP contribution in [0.1, 0.15) is 296 Å². The highest BCUT2D eigenvalue weighted by molar-refractivity contribution is 5.76. The lowest BCUT2D eigenvalue weighted by molar-refractivity contribution is -0.302. The molecule has 1 fully saturated rings. The van der Waals surface area contributed by atoms with Crippen LogP contribution in [0.15, 0.2) is 48.6 Å². The van der Waals surface area contributed by atoms with Crippen molar-refractivity contribution < 1.29 is 49.3 Å². The number of hydrogen-bond acceptors (Lipinski definition) is 10. The molecule has 1 aliphatic heterocycles. The summed E-state index contributed by atoms with van der Waals surface area (Å²) in [4.78, 5) is 25.0. The fraction of sp³-hybridized carbons (Fsp3) is 0.848. The Labute approximate surface area is 472 Å². The molecule has 77 heavy (non-hydrogen) atoms. The van der Waals surface area contributed by atoms with Crippen molar-refractivity contribution in [3.63, 3.8) is 0 Å². The van der Waals surface area contributed by atoms with E-state index in [1.807, 2.05) is 6.08 Å². The Bertz CT molecular complexity index is 1420. The van der Waals surface area contributed by atoms with Crippen molar-refractivity contribution in [3.8, 4) is 0 Å². The second-order valence-electron chi connectivity index (χ2n) is 22.4. The summed E-state index contributed by atoms with van der Waals surface area (Å²) in [5.41, 5.74) is 0. The molecule has 0 aromatic carbocycles. The van der Waals surface area contributed by atoms with Crippen molar-refractivity contribution in [1.82, 2.24) is 5.32 Å². The molecule has 1 heterocycles. The maximum atomic E-state index is 13.0. The molecule has 450 valence electrons. The van der Waals surface area contributed by atoms with Crippen LogP contribution in [0.2, 0.25) is 0 Å². The summed E-state index contributed by atoms with van der Waals surface area (Å²) in [5.74, 6) is -0.194. The summed E-state index contributed by atoms with van der Waals surface area (Å²) in [6.45, 7) is 4.26. The monoisotopic (exact) mass is 1090 g/mol. The van der Waals surface area contributed by atoms with Crippen LogP contribution >= 0.6 is 0 Å². The number of amides is 1. The molecule has 11 heteroatoms. The lowest BCUT2D eigenvalue weighted by atomic mass is 9.99. The molecule has 1 saturated heterocycles. The number of aliphatic hydroxyl groups excluding tert-OH is 5. The van der Waals surface area contributed by atoms with Crippen LogP contribution in [-0.4, -0.2) is 100 Å². The van der Waals surface area contributed by atoms with Crippen LogP contribution in [0, 0.1) is 0 Å². The number of carbonyl (C=O) groups is 2. The third kappa shape index (κ3) is 45.0. The van der Waals surface area contributed by atoms with Gasteiger partial charge in [0, 0.05) is 12.8 Å². The molecule has 7 unspecified atom stereocenters. The summed E-state index contributed by atoms with van der Waals surface area (Å²) in [5, 5.41) is 54.3. The van der Waals surface area contributed by atoms with Crippen LogP contribution < -0.4 is 5.32 Å². The van der Waals surface area contributed by atoms with Gasteiger partial charge in [0.15, 0.2) is 6.29 Å². The molecular formula is C66H121NO10. The van der Waals surface area contributed by atoms with Crippen LogP contribution in [0.5, 0.6) is 0 Å². The maximum Gasteiger partial charge on any atom is 0.305 e. The minimum Gasteiger partial charge on any atom is -0.466 e. The minimum absolute atomic E-state index is 0.00440. The van der Waals surface area contributed by atoms with Crippen LogP contribution in [0.3, 0.4) is 0 Å². The summed E-state index contributed by atoms with van der Waals surface area (Å²) in [7, 11) is 0. The number of nitrogens with one attached hydrogen (secondary N) is 1. The smallest absolute Gasteiger partial charge is 0.305 e. The standard InChI is InChI=1S/C66H121NO10/c1-3-5-7-9-11-13-32-36-40-44-48-52-59(69)58(57-76-66-65(74)64(73)63(72)60(56-68)77-66)67-61(70)53-49-45-41-37-34-30-28-26-24-22-20-18-16-15-17-19-21-23-25-27-29-31-35-39-43-47-51-55-75-62(71)54-50-46-42-38-33-14-12-10-8-6-4-2/h7,9,15-16,32,36,48,52,58-60,63-66,68-69,72-74H,3-6,8,10-14,17-31,33-35,37-47,49-51,53-57H2,1-2H3,(H,67,70)/b9-7+,16-15-,36-32+,52-48+. The van der Waals surface area contributed by atoms with Gasteiger partial charge in [-0.25, -0.2) is 0 Å². The first-order valence-corrected chi connectivity index (χ1v) is 32.4. The zero-order valence-corrected chi connectivity index (χ0v) is 49.7. The highest BCUT2D eigenvalue weighted by Gasteiger charge is 2.44. The average Bonchev–Trinajstić information content (AvgIpc) is 3.43. The predicted molar refractivity (Wildman–Crippen MR) is 320 cm³/mol. The first kappa shape index (κ1) is 72.6. The molecule has 0 aromatic heterocycles. The van der Waals surface area contributed by atoms with Gasteiger partial charge in [-0.15, -0.1) is 0 Å². The van der Waals surface area contributed by atoms with Gasteiger partial charge < -0.3 is 45.1 Å². The second-order valence-corrected chi connectivity index (χ2v) is 22.4. The van der Waals surface area contributed by atoms with Gasteiger partial charge >= 0.3 is 5.97 Å². The largest absolute Gasteiger partial charge is 0.466 e. The van der Waals surface area contributed by atoms with Crippen molar-refractivity contribution in [2.75, 3.05) is 19.8 Å². The van der Waals surface area contributed by atoms with E-state index >= 15 is 0 Å². The van der Waals surface area contributed by atoms with E-state index in [1.165, 1.54) is 193 Å². The molecule has 6 N–H and O–H groups in total. The van der Waals surface area contributed by atoms with Gasteiger partial charge in [-0.3, -0.25) is 9.59 Å². The van der Waals surface area contributed by atoms with E-state index in [2.05, 4.69) is 55.6 Å². The van der Waals surface area contributed by atoms with Crippen molar-refractivity contribution in [3.05, 3.63) is 48.6 Å². The summed E-state index contributed by atoms with van der Waals surface area (Å²) < 4.78 is 16.7. The number of aliphatic hydroxyl groups is 5. The van der Waals surface area contributed by atoms with Gasteiger partial charge in [-0.05, 0) is 77.0 Å². The van der Waals surface area contributed by atoms with E-state index in [0.29, 0.717) is 19.4 Å². The first-order chi connectivity index (χ1) is 37.7.